The number of nitrogens with zero attached hydrogens (tertiary/aromatic N) is 2. The summed E-state index contributed by atoms with van der Waals surface area (Å²) < 4.78 is 0. The van der Waals surface area contributed by atoms with Gasteiger partial charge >= 0.3 is 0 Å². The second kappa shape index (κ2) is 8.42. The van der Waals surface area contributed by atoms with Gasteiger partial charge in [-0.25, -0.2) is 0 Å². The van der Waals surface area contributed by atoms with Gasteiger partial charge in [0.1, 0.15) is 0 Å². The fourth-order valence-electron chi connectivity index (χ4n) is 5.11. The third-order valence-electron chi connectivity index (χ3n) is 6.52. The molecule has 2 aliphatic heterocycles. The van der Waals surface area contributed by atoms with Crippen molar-refractivity contribution in [1.82, 2.24) is 4.90 Å². The number of likely N-dealkylation sites (tertiary alicyclic amines) is 1. The minimum absolute atomic E-state index is 0.701. The van der Waals surface area contributed by atoms with Crippen molar-refractivity contribution in [1.29, 1.82) is 0 Å². The average molecular weight is 383 g/mol. The summed E-state index contributed by atoms with van der Waals surface area (Å²) in [6.07, 6.45) is 4.89. The second-order valence-electron chi connectivity index (χ2n) is 8.60. The molecule has 0 radical (unpaired) electrons. The molecule has 0 saturated carbocycles. The monoisotopic (exact) mass is 382 g/mol. The van der Waals surface area contributed by atoms with E-state index in [9.17, 15) is 0 Å². The maximum absolute atomic E-state index is 2.65. The highest BCUT2D eigenvalue weighted by Gasteiger charge is 2.26. The van der Waals surface area contributed by atoms with Gasteiger partial charge in [0.2, 0.25) is 0 Å². The van der Waals surface area contributed by atoms with E-state index in [1.54, 1.807) is 0 Å². The Balaban J connectivity index is 1.38. The zero-order valence-electron chi connectivity index (χ0n) is 17.1. The predicted octanol–water partition coefficient (Wildman–Crippen LogP) is 5.84. The molecule has 2 heteroatoms. The number of para-hydroxylation sites is 2. The molecular weight excluding hydrogens is 352 g/mol. The number of rotatable bonds is 4. The van der Waals surface area contributed by atoms with Gasteiger partial charge in [0.05, 0.1) is 0 Å². The van der Waals surface area contributed by atoms with Crippen molar-refractivity contribution < 1.29 is 0 Å². The van der Waals surface area contributed by atoms with E-state index in [0.717, 1.165) is 25.9 Å². The third kappa shape index (κ3) is 4.09. The Kier molecular flexibility index (Phi) is 5.36. The van der Waals surface area contributed by atoms with Crippen LogP contribution < -0.4 is 4.90 Å². The SMILES string of the molecule is c1ccc(CN2CCCC(CN3c4ccccc4CCc4ccccc43)C2)cc1. The second-order valence-corrected chi connectivity index (χ2v) is 8.60. The molecule has 2 nitrogen and oxygen atoms in total. The van der Waals surface area contributed by atoms with Crippen LogP contribution in [0.4, 0.5) is 11.4 Å². The first kappa shape index (κ1) is 18.4. The van der Waals surface area contributed by atoms with Crippen molar-refractivity contribution >= 4 is 11.4 Å². The highest BCUT2D eigenvalue weighted by molar-refractivity contribution is 5.71. The Hall–Kier alpha value is -2.58. The molecule has 2 aliphatic rings. The molecule has 1 saturated heterocycles. The van der Waals surface area contributed by atoms with Gasteiger partial charge in [-0.15, -0.1) is 0 Å². The lowest BCUT2D eigenvalue weighted by Gasteiger charge is -2.37. The lowest BCUT2D eigenvalue weighted by molar-refractivity contribution is 0.171. The van der Waals surface area contributed by atoms with E-state index in [4.69, 9.17) is 0 Å². The number of anilines is 2. The van der Waals surface area contributed by atoms with Crippen molar-refractivity contribution in [3.05, 3.63) is 95.6 Å². The molecule has 3 aromatic carbocycles. The van der Waals surface area contributed by atoms with Gasteiger partial charge in [0.15, 0.2) is 0 Å². The lowest BCUT2D eigenvalue weighted by atomic mass is 9.96. The number of fused-ring (bicyclic) bond motifs is 2. The molecule has 29 heavy (non-hydrogen) atoms. The molecule has 1 unspecified atom stereocenters. The maximum atomic E-state index is 2.65. The number of benzene rings is 3. The minimum atomic E-state index is 0.701. The van der Waals surface area contributed by atoms with E-state index in [2.05, 4.69) is 88.7 Å². The van der Waals surface area contributed by atoms with Crippen molar-refractivity contribution in [3.63, 3.8) is 0 Å². The van der Waals surface area contributed by atoms with E-state index < -0.39 is 0 Å². The summed E-state index contributed by atoms with van der Waals surface area (Å²) in [6.45, 7) is 4.60. The van der Waals surface area contributed by atoms with Crippen LogP contribution in [0.5, 0.6) is 0 Å². The van der Waals surface area contributed by atoms with Crippen molar-refractivity contribution in [2.75, 3.05) is 24.5 Å². The van der Waals surface area contributed by atoms with Crippen molar-refractivity contribution in [3.8, 4) is 0 Å². The molecule has 0 N–H and O–H groups in total. The Morgan fingerprint density at radius 2 is 1.34 bits per heavy atom. The Bertz CT molecular complexity index is 902. The molecule has 0 aliphatic carbocycles. The molecule has 5 rings (SSSR count). The fraction of sp³-hybridized carbons (Fsp3) is 0.333. The number of piperidine rings is 1. The summed E-state index contributed by atoms with van der Waals surface area (Å²) in [7, 11) is 0. The smallest absolute Gasteiger partial charge is 0.0443 e. The van der Waals surface area contributed by atoms with Crippen molar-refractivity contribution in [2.45, 2.75) is 32.2 Å². The van der Waals surface area contributed by atoms with E-state index in [0.29, 0.717) is 5.92 Å². The summed E-state index contributed by atoms with van der Waals surface area (Å²) in [5.41, 5.74) is 7.23. The Labute approximate surface area is 174 Å². The number of aryl methyl sites for hydroxylation is 2. The first-order valence-electron chi connectivity index (χ1n) is 11.1. The predicted molar refractivity (Wildman–Crippen MR) is 122 cm³/mol. The standard InChI is InChI=1S/C27H30N2/c1-2-9-22(10-3-1)19-28-18-8-11-23(20-28)21-29-26-14-6-4-12-24(26)16-17-25-13-5-7-15-27(25)29/h1-7,9-10,12-15,23H,8,11,16-21H2. The zero-order chi connectivity index (χ0) is 19.5. The van der Waals surface area contributed by atoms with Gasteiger partial charge in [-0.1, -0.05) is 66.7 Å². The maximum Gasteiger partial charge on any atom is 0.0443 e. The first-order valence-corrected chi connectivity index (χ1v) is 11.1. The van der Waals surface area contributed by atoms with Crippen LogP contribution in [0.2, 0.25) is 0 Å². The van der Waals surface area contributed by atoms with Crippen LogP contribution >= 0.6 is 0 Å². The largest absolute Gasteiger partial charge is 0.341 e. The van der Waals surface area contributed by atoms with Gasteiger partial charge in [0.25, 0.3) is 0 Å². The van der Waals surface area contributed by atoms with E-state index in [-0.39, 0.29) is 0 Å². The van der Waals surface area contributed by atoms with Gasteiger partial charge < -0.3 is 4.90 Å². The average Bonchev–Trinajstić information content (AvgIpc) is 2.92. The zero-order valence-corrected chi connectivity index (χ0v) is 17.1. The van der Waals surface area contributed by atoms with Crippen LogP contribution in [0.3, 0.4) is 0 Å². The highest BCUT2D eigenvalue weighted by Crippen LogP contribution is 2.37. The molecule has 1 fully saturated rings. The molecule has 148 valence electrons. The van der Waals surface area contributed by atoms with Crippen LogP contribution in [-0.2, 0) is 19.4 Å². The van der Waals surface area contributed by atoms with E-state index in [1.807, 2.05) is 0 Å². The van der Waals surface area contributed by atoms with Crippen LogP contribution in [0.15, 0.2) is 78.9 Å². The lowest BCUT2D eigenvalue weighted by Crippen LogP contribution is -2.39. The number of hydrogen-bond donors (Lipinski definition) is 0. The third-order valence-corrected chi connectivity index (χ3v) is 6.52. The molecular formula is C27H30N2. The summed E-state index contributed by atoms with van der Waals surface area (Å²) in [5.74, 6) is 0.701. The molecule has 0 amide bonds. The minimum Gasteiger partial charge on any atom is -0.341 e. The number of hydrogen-bond acceptors (Lipinski definition) is 2. The van der Waals surface area contributed by atoms with Gasteiger partial charge in [-0.2, -0.15) is 0 Å². The molecule has 2 heterocycles. The molecule has 0 bridgehead atoms. The van der Waals surface area contributed by atoms with E-state index in [1.165, 1.54) is 54.0 Å². The summed E-state index contributed by atoms with van der Waals surface area (Å²) in [5, 5.41) is 0. The van der Waals surface area contributed by atoms with Crippen LogP contribution in [0, 0.1) is 5.92 Å². The molecule has 0 aromatic heterocycles. The van der Waals surface area contributed by atoms with Crippen LogP contribution in [0.1, 0.15) is 29.5 Å². The fourth-order valence-corrected chi connectivity index (χ4v) is 5.11. The quantitative estimate of drug-likeness (QED) is 0.560. The normalized spacial score (nSPS) is 19.3. The summed E-state index contributed by atoms with van der Waals surface area (Å²) in [4.78, 5) is 5.27. The Morgan fingerprint density at radius 3 is 2.03 bits per heavy atom. The summed E-state index contributed by atoms with van der Waals surface area (Å²) >= 11 is 0. The van der Waals surface area contributed by atoms with Crippen molar-refractivity contribution in [2.24, 2.45) is 5.92 Å². The molecule has 1 atom stereocenters. The van der Waals surface area contributed by atoms with E-state index >= 15 is 0 Å². The molecule has 3 aromatic rings. The van der Waals surface area contributed by atoms with Crippen LogP contribution in [0.25, 0.3) is 0 Å². The highest BCUT2D eigenvalue weighted by atomic mass is 15.2. The summed E-state index contributed by atoms with van der Waals surface area (Å²) in [6, 6.07) is 29.0. The first-order chi connectivity index (χ1) is 14.4. The molecule has 0 spiro atoms. The van der Waals surface area contributed by atoms with Gasteiger partial charge in [0, 0.05) is 31.0 Å². The van der Waals surface area contributed by atoms with Gasteiger partial charge in [-0.3, -0.25) is 4.90 Å². The van der Waals surface area contributed by atoms with Crippen LogP contribution in [-0.4, -0.2) is 24.5 Å². The Morgan fingerprint density at radius 1 is 0.724 bits per heavy atom. The van der Waals surface area contributed by atoms with Gasteiger partial charge in [-0.05, 0) is 67.0 Å². The topological polar surface area (TPSA) is 6.48 Å².